The van der Waals surface area contributed by atoms with Crippen molar-refractivity contribution < 1.29 is 4.79 Å². The van der Waals surface area contributed by atoms with Crippen LogP contribution in [0.2, 0.25) is 0 Å². The van der Waals surface area contributed by atoms with Gasteiger partial charge in [-0.25, -0.2) is 4.98 Å². The third-order valence-corrected chi connectivity index (χ3v) is 4.33. The first kappa shape index (κ1) is 13.8. The van der Waals surface area contributed by atoms with Crippen LogP contribution < -0.4 is 0 Å². The number of rotatable bonds is 2. The first-order valence-electron chi connectivity index (χ1n) is 7.76. The molecule has 4 rings (SSSR count). The van der Waals surface area contributed by atoms with Gasteiger partial charge in [-0.15, -0.1) is 0 Å². The van der Waals surface area contributed by atoms with Crippen LogP contribution in [0.25, 0.3) is 5.69 Å². The number of benzene rings is 2. The number of nitrogens with zero attached hydrogens (tertiary/aromatic N) is 3. The van der Waals surface area contributed by atoms with Crippen LogP contribution in [-0.4, -0.2) is 26.9 Å². The number of imidazole rings is 1. The summed E-state index contributed by atoms with van der Waals surface area (Å²) in [6.07, 6.45) is 6.30. The molecule has 1 aromatic heterocycles. The highest BCUT2D eigenvalue weighted by atomic mass is 16.2. The van der Waals surface area contributed by atoms with E-state index in [1.54, 1.807) is 12.5 Å². The Hall–Kier alpha value is -2.88. The highest BCUT2D eigenvalue weighted by Gasteiger charge is 2.21. The molecule has 0 N–H and O–H groups in total. The van der Waals surface area contributed by atoms with E-state index in [9.17, 15) is 4.79 Å². The molecule has 23 heavy (non-hydrogen) atoms. The van der Waals surface area contributed by atoms with E-state index >= 15 is 0 Å². The Morgan fingerprint density at radius 2 is 1.78 bits per heavy atom. The Labute approximate surface area is 135 Å². The molecule has 0 saturated carbocycles. The normalized spacial score (nSPS) is 13.7. The fourth-order valence-electron chi connectivity index (χ4n) is 3.04. The number of hydrogen-bond donors (Lipinski definition) is 0. The molecule has 1 amide bonds. The van der Waals surface area contributed by atoms with Gasteiger partial charge in [0.2, 0.25) is 0 Å². The molecule has 0 aliphatic carbocycles. The molecule has 3 aromatic rings. The molecule has 2 aromatic carbocycles. The van der Waals surface area contributed by atoms with E-state index in [2.05, 4.69) is 23.2 Å². The molecule has 0 saturated heterocycles. The van der Waals surface area contributed by atoms with Crippen molar-refractivity contribution in [2.75, 3.05) is 6.54 Å². The molecule has 0 radical (unpaired) electrons. The summed E-state index contributed by atoms with van der Waals surface area (Å²) in [7, 11) is 0. The van der Waals surface area contributed by atoms with Gasteiger partial charge in [-0.3, -0.25) is 4.79 Å². The first-order chi connectivity index (χ1) is 11.3. The molecule has 0 atom stereocenters. The number of aromatic nitrogens is 2. The zero-order valence-corrected chi connectivity index (χ0v) is 12.7. The topological polar surface area (TPSA) is 38.1 Å². The fraction of sp³-hybridized carbons (Fsp3) is 0.158. The summed E-state index contributed by atoms with van der Waals surface area (Å²) in [6.45, 7) is 1.47. The van der Waals surface area contributed by atoms with Crippen LogP contribution in [0.1, 0.15) is 21.5 Å². The van der Waals surface area contributed by atoms with Crippen LogP contribution >= 0.6 is 0 Å². The fourth-order valence-corrected chi connectivity index (χ4v) is 3.04. The minimum absolute atomic E-state index is 0.0942. The first-order valence-corrected chi connectivity index (χ1v) is 7.76. The van der Waals surface area contributed by atoms with Crippen LogP contribution in [0.3, 0.4) is 0 Å². The van der Waals surface area contributed by atoms with Gasteiger partial charge in [0.05, 0.1) is 6.33 Å². The summed E-state index contributed by atoms with van der Waals surface area (Å²) in [4.78, 5) is 18.7. The second kappa shape index (κ2) is 5.72. The van der Waals surface area contributed by atoms with Crippen molar-refractivity contribution in [1.82, 2.24) is 14.5 Å². The van der Waals surface area contributed by atoms with E-state index in [1.165, 1.54) is 11.1 Å². The molecule has 1 aliphatic heterocycles. The van der Waals surface area contributed by atoms with Crippen molar-refractivity contribution in [3.8, 4) is 5.69 Å². The molecule has 1 aliphatic rings. The summed E-state index contributed by atoms with van der Waals surface area (Å²) in [5, 5.41) is 0. The molecule has 114 valence electrons. The number of amides is 1. The van der Waals surface area contributed by atoms with Gasteiger partial charge in [0, 0.05) is 36.7 Å². The molecular weight excluding hydrogens is 286 g/mol. The molecule has 2 heterocycles. The van der Waals surface area contributed by atoms with Crippen molar-refractivity contribution in [3.05, 3.63) is 83.9 Å². The lowest BCUT2D eigenvalue weighted by atomic mass is 9.99. The number of fused-ring (bicyclic) bond motifs is 1. The van der Waals surface area contributed by atoms with E-state index in [1.807, 2.05) is 46.0 Å². The second-order valence-electron chi connectivity index (χ2n) is 5.76. The standard InChI is InChI=1S/C19H17N3O/c23-19(21-11-9-15-3-1-2-4-17(15)13-21)16-5-7-18(8-6-16)22-12-10-20-14-22/h1-8,10,12,14H,9,11,13H2. The van der Waals surface area contributed by atoms with Gasteiger partial charge < -0.3 is 9.47 Å². The Kier molecular flexibility index (Phi) is 3.42. The molecule has 4 heteroatoms. The molecule has 0 bridgehead atoms. The highest BCUT2D eigenvalue weighted by Crippen LogP contribution is 2.20. The lowest BCUT2D eigenvalue weighted by Gasteiger charge is -2.29. The third-order valence-electron chi connectivity index (χ3n) is 4.33. The average Bonchev–Trinajstić information content (AvgIpc) is 3.15. The van der Waals surface area contributed by atoms with Gasteiger partial charge >= 0.3 is 0 Å². The number of carbonyl (C=O) groups is 1. The zero-order valence-electron chi connectivity index (χ0n) is 12.7. The second-order valence-corrected chi connectivity index (χ2v) is 5.76. The van der Waals surface area contributed by atoms with Crippen molar-refractivity contribution in [2.24, 2.45) is 0 Å². The third kappa shape index (κ3) is 2.63. The predicted octanol–water partition coefficient (Wildman–Crippen LogP) is 3.07. The van der Waals surface area contributed by atoms with Crippen molar-refractivity contribution in [1.29, 1.82) is 0 Å². The van der Waals surface area contributed by atoms with Crippen molar-refractivity contribution in [3.63, 3.8) is 0 Å². The van der Waals surface area contributed by atoms with Gasteiger partial charge in [0.25, 0.3) is 5.91 Å². The SMILES string of the molecule is O=C(c1ccc(-n2ccnc2)cc1)N1CCc2ccccc2C1. The average molecular weight is 303 g/mol. The lowest BCUT2D eigenvalue weighted by Crippen LogP contribution is -2.35. The maximum absolute atomic E-state index is 12.7. The number of carbonyl (C=O) groups excluding carboxylic acids is 1. The largest absolute Gasteiger partial charge is 0.334 e. The van der Waals surface area contributed by atoms with Gasteiger partial charge in [0.1, 0.15) is 0 Å². The van der Waals surface area contributed by atoms with E-state index < -0.39 is 0 Å². The minimum atomic E-state index is 0.0942. The van der Waals surface area contributed by atoms with Crippen LogP contribution in [0, 0.1) is 0 Å². The summed E-state index contributed by atoms with van der Waals surface area (Å²) in [5.41, 5.74) is 4.34. The Morgan fingerprint density at radius 3 is 2.52 bits per heavy atom. The molecule has 4 nitrogen and oxygen atoms in total. The van der Waals surface area contributed by atoms with E-state index in [4.69, 9.17) is 0 Å². The summed E-state index contributed by atoms with van der Waals surface area (Å²) < 4.78 is 1.92. The van der Waals surface area contributed by atoms with Crippen LogP contribution in [0.4, 0.5) is 0 Å². The summed E-state index contributed by atoms with van der Waals surface area (Å²) in [5.74, 6) is 0.0942. The predicted molar refractivity (Wildman–Crippen MR) is 88.5 cm³/mol. The minimum Gasteiger partial charge on any atom is -0.334 e. The molecule has 0 unspecified atom stereocenters. The van der Waals surface area contributed by atoms with Gasteiger partial charge in [-0.2, -0.15) is 0 Å². The maximum Gasteiger partial charge on any atom is 0.254 e. The Morgan fingerprint density at radius 1 is 1.00 bits per heavy atom. The van der Waals surface area contributed by atoms with Crippen molar-refractivity contribution in [2.45, 2.75) is 13.0 Å². The Bertz CT molecular complexity index is 822. The van der Waals surface area contributed by atoms with Crippen LogP contribution in [-0.2, 0) is 13.0 Å². The maximum atomic E-state index is 12.7. The van der Waals surface area contributed by atoms with Crippen LogP contribution in [0.15, 0.2) is 67.3 Å². The molecule has 0 fully saturated rings. The Balaban J connectivity index is 1.53. The van der Waals surface area contributed by atoms with Gasteiger partial charge in [-0.1, -0.05) is 24.3 Å². The highest BCUT2D eigenvalue weighted by molar-refractivity contribution is 5.94. The van der Waals surface area contributed by atoms with E-state index in [0.29, 0.717) is 6.54 Å². The monoisotopic (exact) mass is 303 g/mol. The van der Waals surface area contributed by atoms with Gasteiger partial charge in [0.15, 0.2) is 0 Å². The number of hydrogen-bond acceptors (Lipinski definition) is 2. The quantitative estimate of drug-likeness (QED) is 0.730. The summed E-state index contributed by atoms with van der Waals surface area (Å²) in [6, 6.07) is 16.0. The van der Waals surface area contributed by atoms with E-state index in [0.717, 1.165) is 24.2 Å². The summed E-state index contributed by atoms with van der Waals surface area (Å²) >= 11 is 0. The van der Waals surface area contributed by atoms with Gasteiger partial charge in [-0.05, 0) is 41.8 Å². The molecular formula is C19H17N3O. The van der Waals surface area contributed by atoms with Crippen molar-refractivity contribution >= 4 is 5.91 Å². The van der Waals surface area contributed by atoms with E-state index in [-0.39, 0.29) is 5.91 Å². The lowest BCUT2D eigenvalue weighted by molar-refractivity contribution is 0.0734. The molecule has 0 spiro atoms. The van der Waals surface area contributed by atoms with Crippen LogP contribution in [0.5, 0.6) is 0 Å². The smallest absolute Gasteiger partial charge is 0.254 e. The zero-order chi connectivity index (χ0) is 15.6.